The van der Waals surface area contributed by atoms with Gasteiger partial charge in [0.05, 0.1) is 64.4 Å². The van der Waals surface area contributed by atoms with Crippen molar-refractivity contribution >= 4 is 111 Å². The van der Waals surface area contributed by atoms with Gasteiger partial charge >= 0.3 is 32.4 Å². The molecule has 1 atom stereocenters. The van der Waals surface area contributed by atoms with Crippen LogP contribution in [0, 0.1) is 11.6 Å². The van der Waals surface area contributed by atoms with Gasteiger partial charge in [0.15, 0.2) is 11.4 Å². The van der Waals surface area contributed by atoms with Crippen LogP contribution < -0.4 is 50.5 Å². The smallest absolute Gasteiger partial charge is 0.416 e. The molecule has 0 radical (unpaired) electrons. The first-order valence-electron chi connectivity index (χ1n) is 31.8. The van der Waals surface area contributed by atoms with Crippen LogP contribution >= 0.6 is 34.4 Å². The van der Waals surface area contributed by atoms with Crippen molar-refractivity contribution in [3.63, 3.8) is 0 Å². The molecule has 0 unspecified atom stereocenters. The lowest BCUT2D eigenvalue weighted by molar-refractivity contribution is -0.137. The normalized spacial score (nSPS) is 16.3. The van der Waals surface area contributed by atoms with Crippen molar-refractivity contribution in [3.8, 4) is 43.6 Å². The second kappa shape index (κ2) is 26.3. The molecule has 2 bridgehead atoms. The van der Waals surface area contributed by atoms with Gasteiger partial charge in [0.1, 0.15) is 49.3 Å². The number of carbonyl (C=O) groups is 3. The summed E-state index contributed by atoms with van der Waals surface area (Å²) in [7, 11) is -10.4. The fourth-order valence-corrected chi connectivity index (χ4v) is 19.2. The molecular formula is C69H70F5N8O13S6+. The summed E-state index contributed by atoms with van der Waals surface area (Å²) >= 11 is 2.11. The van der Waals surface area contributed by atoms with Crippen LogP contribution in [0.15, 0.2) is 121 Å². The van der Waals surface area contributed by atoms with Crippen LogP contribution in [0.5, 0.6) is 11.5 Å². The summed E-state index contributed by atoms with van der Waals surface area (Å²) in [6.45, 7) is 9.18. The van der Waals surface area contributed by atoms with Crippen LogP contribution in [-0.4, -0.2) is 116 Å². The minimum Gasteiger partial charge on any atom is -0.456 e. The largest absolute Gasteiger partial charge is 0.456 e. The number of fused-ring (bicyclic) bond motifs is 12. The summed E-state index contributed by atoms with van der Waals surface area (Å²) in [5, 5.41) is 9.32. The third-order valence-electron chi connectivity index (χ3n) is 19.3. The average Bonchev–Trinajstić information content (AvgIpc) is 1.69. The number of pyridine rings is 1. The molecule has 8 heterocycles. The summed E-state index contributed by atoms with van der Waals surface area (Å²) in [5.74, 6) is -3.42. The number of ether oxygens (including phenoxy) is 1. The fourth-order valence-electron chi connectivity index (χ4n) is 13.5. The molecule has 32 heteroatoms. The molecule has 534 valence electrons. The topological polar surface area (TPSA) is 274 Å². The number of thiophene rings is 2. The van der Waals surface area contributed by atoms with E-state index in [2.05, 4.69) is 20.9 Å². The monoisotopic (exact) mass is 1510 g/mol. The van der Waals surface area contributed by atoms with Gasteiger partial charge < -0.3 is 30.5 Å². The third kappa shape index (κ3) is 13.2. The van der Waals surface area contributed by atoms with E-state index in [1.54, 1.807) is 73.6 Å². The highest BCUT2D eigenvalue weighted by atomic mass is 32.3. The van der Waals surface area contributed by atoms with Gasteiger partial charge in [0.2, 0.25) is 11.3 Å². The Morgan fingerprint density at radius 3 is 2.23 bits per heavy atom. The van der Waals surface area contributed by atoms with Gasteiger partial charge in [-0.05, 0) is 111 Å². The number of nitrogens with zero attached hydrogens (tertiary/aromatic N) is 5. The maximum absolute atomic E-state index is 18.2. The van der Waals surface area contributed by atoms with E-state index in [4.69, 9.17) is 13.9 Å². The Balaban J connectivity index is 0.00000532. The zero-order valence-corrected chi connectivity index (χ0v) is 60.0. The highest BCUT2D eigenvalue weighted by molar-refractivity contribution is 8.00. The number of hydrogen-bond donors (Lipinski definition) is 5. The number of benzene rings is 5. The molecule has 5 aliphatic rings. The molecule has 8 aromatic rings. The maximum Gasteiger partial charge on any atom is 0.416 e. The number of halogens is 5. The van der Waals surface area contributed by atoms with E-state index in [1.165, 1.54) is 30.3 Å². The minimum atomic E-state index is -5.18. The molecule has 21 nitrogen and oxygen atoms in total. The number of rotatable bonds is 20. The van der Waals surface area contributed by atoms with Crippen molar-refractivity contribution < 1.29 is 82.5 Å². The lowest BCUT2D eigenvalue weighted by atomic mass is 9.83. The number of carbonyl (C=O) groups excluding carboxylic acids is 3. The number of urea groups is 1. The van der Waals surface area contributed by atoms with Gasteiger partial charge in [0.25, 0.3) is 10.1 Å². The third-order valence-corrected chi connectivity index (χ3v) is 26.6. The molecule has 5 N–H and O–H groups in total. The van der Waals surface area contributed by atoms with Crippen molar-refractivity contribution in [2.24, 2.45) is 0 Å². The highest BCUT2D eigenvalue weighted by Gasteiger charge is 2.46. The summed E-state index contributed by atoms with van der Waals surface area (Å²) in [6.07, 6.45) is -2.12. The van der Waals surface area contributed by atoms with Crippen LogP contribution in [0.4, 0.5) is 49.6 Å². The molecule has 1 saturated heterocycles. The van der Waals surface area contributed by atoms with Crippen molar-refractivity contribution in [2.75, 3.05) is 73.2 Å². The summed E-state index contributed by atoms with van der Waals surface area (Å²) in [4.78, 5) is 49.7. The Labute approximate surface area is 593 Å². The Bertz CT molecular complexity index is 5330. The zero-order chi connectivity index (χ0) is 72.4. The van der Waals surface area contributed by atoms with E-state index in [0.717, 1.165) is 47.5 Å². The van der Waals surface area contributed by atoms with E-state index in [9.17, 15) is 61.9 Å². The van der Waals surface area contributed by atoms with Crippen LogP contribution in [0.25, 0.3) is 37.7 Å². The second-order valence-corrected chi connectivity index (χ2v) is 34.2. The van der Waals surface area contributed by atoms with Gasteiger partial charge in [-0.1, -0.05) is 30.7 Å². The Kier molecular flexibility index (Phi) is 18.5. The highest BCUT2D eigenvalue weighted by Crippen LogP contribution is 2.56. The van der Waals surface area contributed by atoms with E-state index in [0.29, 0.717) is 129 Å². The lowest BCUT2D eigenvalue weighted by Gasteiger charge is -2.43. The quantitative estimate of drug-likeness (QED) is 0.0118. The summed E-state index contributed by atoms with van der Waals surface area (Å²) in [5.41, 5.74) is 1.04. The minimum absolute atomic E-state index is 0. The van der Waals surface area contributed by atoms with E-state index >= 15 is 8.78 Å². The molecule has 1 fully saturated rings. The summed E-state index contributed by atoms with van der Waals surface area (Å²) in [6, 6.07) is 24.4. The molecule has 3 aromatic heterocycles. The molecule has 0 aliphatic carbocycles. The number of aromatic nitrogens is 1. The molecule has 5 aliphatic heterocycles. The number of anilines is 4. The Morgan fingerprint density at radius 2 is 1.53 bits per heavy atom. The molecular weight excluding hydrogens is 1440 g/mol. The number of unbranched alkanes of at least 4 members (excludes halogenated alkanes) is 2. The Hall–Kier alpha value is -8.18. The first-order valence-corrected chi connectivity index (χ1v) is 38.7. The second-order valence-electron chi connectivity index (χ2n) is 26.1. The van der Waals surface area contributed by atoms with Gasteiger partial charge in [0, 0.05) is 122 Å². The van der Waals surface area contributed by atoms with Crippen LogP contribution in [0.2, 0.25) is 0 Å². The SMILES string of the molecule is COS(=O)(=O)c1c(F)cc(SCC(=O)NCCCCCC(=O)CNCc2ccc(NC(=O)N3c4nc(-c5cccc(C(F)(F)F)c5)ccc4N4CC[C@H]3C4)cc2)c(F)c1C1=c2cc3c(cc2Oc2cc4c(cc21)-c1sc(S(=O)(=O)O)cc1C(C)(C)N4C)=[N+](C)C(C)(C)c1cc(S(=O)(=O)O)sc1-3.[HH].[HH]. The number of nitrogens with one attached hydrogen (secondary N) is 3. The Morgan fingerprint density at radius 1 is 0.832 bits per heavy atom. The van der Waals surface area contributed by atoms with E-state index in [-0.39, 0.29) is 76.0 Å². The van der Waals surface area contributed by atoms with Crippen molar-refractivity contribution in [1.82, 2.24) is 20.2 Å². The predicted molar refractivity (Wildman–Crippen MR) is 379 cm³/mol. The van der Waals surface area contributed by atoms with E-state index in [1.807, 2.05) is 37.2 Å². The van der Waals surface area contributed by atoms with Crippen molar-refractivity contribution in [3.05, 3.63) is 159 Å². The van der Waals surface area contributed by atoms with Crippen LogP contribution in [-0.2, 0) is 67.9 Å². The number of alkyl halides is 3. The standard InChI is InChI=1S/C69H65F5N8O13S6.2H2/c1-67(2)46-27-57(99(86,87)88)97-62(46)42-25-44-53(30-51(42)79(67)5)95-54-31-52-43(63-47(68(3,4)80(52)6)28-58(98-63)100(89,90)91)26-45(54)59(44)60-61(71)55(29-48(70)64(60)101(92,93)94-7)96-35-56(84)76-22-10-8-9-14-41(83)33-75-32-36-15-17-39(18-16-36)77-66(85)82-40-21-23-81(34-40)50-20-19-49(78-65(50)82)37-12-11-13-38(24-37)69(72,73)74;;/h11-13,15-20,24-31,40,75H,8-10,14,21-23,32-35H2,1-7H3,(H3-,76,77,84,85,86,87,88,89,90,91);2*1H/p+1/t40-;;/m0../s1. The number of amides is 3. The molecule has 13 rings (SSSR count). The molecule has 5 aromatic carbocycles. The first-order chi connectivity index (χ1) is 47.5. The van der Waals surface area contributed by atoms with E-state index < -0.39 is 97.9 Å². The molecule has 0 saturated carbocycles. The van der Waals surface area contributed by atoms with Gasteiger partial charge in [-0.3, -0.25) is 27.8 Å². The van der Waals surface area contributed by atoms with Gasteiger partial charge in [-0.25, -0.2) is 23.1 Å². The van der Waals surface area contributed by atoms with Crippen molar-refractivity contribution in [1.29, 1.82) is 0 Å². The van der Waals surface area contributed by atoms with Gasteiger partial charge in [-0.15, -0.1) is 34.4 Å². The molecule has 3 amide bonds. The first kappa shape index (κ1) is 71.2. The summed E-state index contributed by atoms with van der Waals surface area (Å²) < 4.78 is 189. The van der Waals surface area contributed by atoms with Crippen LogP contribution in [0.3, 0.4) is 0 Å². The lowest BCUT2D eigenvalue weighted by Crippen LogP contribution is -2.48. The van der Waals surface area contributed by atoms with Gasteiger partial charge in [-0.2, -0.15) is 38.4 Å². The van der Waals surface area contributed by atoms with Crippen LogP contribution in [0.1, 0.15) is 96.0 Å². The number of Topliss-reactive ketones (excluding diaryl/α,β-unsaturated/α-hetero) is 1. The number of ketones is 1. The average molecular weight is 1510 g/mol. The molecule has 101 heavy (non-hydrogen) atoms. The zero-order valence-electron chi connectivity index (χ0n) is 55.1. The number of hydrogen-bond acceptors (Lipinski definition) is 18. The number of thioether (sulfide) groups is 1. The van der Waals surface area contributed by atoms with Crippen molar-refractivity contribution in [2.45, 2.75) is 108 Å². The fraction of sp³-hybridized carbons (Fsp3) is 0.319. The maximum atomic E-state index is 18.2. The molecule has 0 spiro atoms. The predicted octanol–water partition coefficient (Wildman–Crippen LogP) is 12.0.